The van der Waals surface area contributed by atoms with Crippen molar-refractivity contribution in [2.24, 2.45) is 0 Å². The lowest BCUT2D eigenvalue weighted by Crippen LogP contribution is -2.29. The van der Waals surface area contributed by atoms with E-state index in [0.29, 0.717) is 18.7 Å². The first-order valence-electron chi connectivity index (χ1n) is 6.15. The monoisotopic (exact) mass is 258 g/mol. The zero-order chi connectivity index (χ0) is 13.7. The summed E-state index contributed by atoms with van der Waals surface area (Å²) < 4.78 is 13.3. The van der Waals surface area contributed by atoms with Gasteiger partial charge in [0, 0.05) is 24.5 Å². The summed E-state index contributed by atoms with van der Waals surface area (Å²) in [6.45, 7) is 2.18. The number of benzene rings is 1. The number of pyridine rings is 1. The zero-order valence-electron chi connectivity index (χ0n) is 10.7. The number of aromatic nitrogens is 1. The Bertz CT molecular complexity index is 557. The summed E-state index contributed by atoms with van der Waals surface area (Å²) in [5.41, 5.74) is 1.48. The van der Waals surface area contributed by atoms with Crippen LogP contribution in [-0.4, -0.2) is 10.9 Å². The molecule has 4 heteroatoms. The van der Waals surface area contributed by atoms with Crippen LogP contribution in [0.25, 0.3) is 0 Å². The number of rotatable bonds is 4. The molecule has 0 atom stereocenters. The number of hydrogen-bond acceptors (Lipinski definition) is 2. The van der Waals surface area contributed by atoms with Crippen molar-refractivity contribution >= 4 is 11.6 Å². The summed E-state index contributed by atoms with van der Waals surface area (Å²) in [5, 5.41) is 0. The van der Waals surface area contributed by atoms with Crippen molar-refractivity contribution in [1.82, 2.24) is 4.98 Å². The lowest BCUT2D eigenvalue weighted by Gasteiger charge is -2.22. The van der Waals surface area contributed by atoms with E-state index in [-0.39, 0.29) is 11.7 Å². The number of carbonyl (C=O) groups is 1. The third kappa shape index (κ3) is 3.37. The first kappa shape index (κ1) is 13.2. The minimum Gasteiger partial charge on any atom is -0.308 e. The van der Waals surface area contributed by atoms with Crippen molar-refractivity contribution < 1.29 is 9.18 Å². The Balaban J connectivity index is 2.29. The quantitative estimate of drug-likeness (QED) is 0.844. The Kier molecular flexibility index (Phi) is 4.23. The lowest BCUT2D eigenvalue weighted by atomic mass is 10.2. The molecule has 0 N–H and O–H groups in total. The van der Waals surface area contributed by atoms with E-state index < -0.39 is 0 Å². The molecule has 19 heavy (non-hydrogen) atoms. The molecule has 0 unspecified atom stereocenters. The van der Waals surface area contributed by atoms with Gasteiger partial charge in [-0.05, 0) is 29.8 Å². The van der Waals surface area contributed by atoms with Crippen LogP contribution in [0.4, 0.5) is 10.1 Å². The molecule has 0 radical (unpaired) electrons. The number of nitrogens with zero attached hydrogens (tertiary/aromatic N) is 2. The van der Waals surface area contributed by atoms with Crippen molar-refractivity contribution in [3.8, 4) is 0 Å². The molecule has 0 spiro atoms. The molecule has 1 amide bonds. The standard InChI is InChI=1S/C15H15FN2O/c1-2-15(19)18(11-12-5-4-8-17-10-12)14-7-3-6-13(16)9-14/h3-10H,2,11H2,1H3. The van der Waals surface area contributed by atoms with Gasteiger partial charge in [-0.25, -0.2) is 4.39 Å². The van der Waals surface area contributed by atoms with Gasteiger partial charge in [-0.1, -0.05) is 19.1 Å². The normalized spacial score (nSPS) is 10.2. The van der Waals surface area contributed by atoms with Gasteiger partial charge in [0.15, 0.2) is 0 Å². The molecule has 3 nitrogen and oxygen atoms in total. The van der Waals surface area contributed by atoms with E-state index in [2.05, 4.69) is 4.98 Å². The highest BCUT2D eigenvalue weighted by atomic mass is 19.1. The van der Waals surface area contributed by atoms with Crippen LogP contribution in [0.2, 0.25) is 0 Å². The van der Waals surface area contributed by atoms with Crippen molar-refractivity contribution in [2.75, 3.05) is 4.90 Å². The van der Waals surface area contributed by atoms with Crippen LogP contribution in [0.15, 0.2) is 48.8 Å². The zero-order valence-corrected chi connectivity index (χ0v) is 10.7. The van der Waals surface area contributed by atoms with Crippen molar-refractivity contribution in [2.45, 2.75) is 19.9 Å². The molecular weight excluding hydrogens is 243 g/mol. The number of hydrogen-bond donors (Lipinski definition) is 0. The third-order valence-corrected chi connectivity index (χ3v) is 2.79. The number of anilines is 1. The van der Waals surface area contributed by atoms with Crippen molar-refractivity contribution in [1.29, 1.82) is 0 Å². The van der Waals surface area contributed by atoms with E-state index in [1.807, 2.05) is 12.1 Å². The van der Waals surface area contributed by atoms with Crippen LogP contribution >= 0.6 is 0 Å². The summed E-state index contributed by atoms with van der Waals surface area (Å²) >= 11 is 0. The molecule has 0 aliphatic heterocycles. The third-order valence-electron chi connectivity index (χ3n) is 2.79. The Labute approximate surface area is 111 Å². The smallest absolute Gasteiger partial charge is 0.227 e. The fourth-order valence-corrected chi connectivity index (χ4v) is 1.83. The minimum atomic E-state index is -0.349. The molecule has 1 aromatic heterocycles. The molecule has 0 saturated carbocycles. The van der Waals surface area contributed by atoms with Gasteiger partial charge < -0.3 is 4.90 Å². The van der Waals surface area contributed by atoms with E-state index in [1.54, 1.807) is 36.4 Å². The van der Waals surface area contributed by atoms with E-state index >= 15 is 0 Å². The largest absolute Gasteiger partial charge is 0.308 e. The summed E-state index contributed by atoms with van der Waals surface area (Å²) in [7, 11) is 0. The first-order valence-corrected chi connectivity index (χ1v) is 6.15. The number of halogens is 1. The highest BCUT2D eigenvalue weighted by Gasteiger charge is 2.15. The molecule has 0 bridgehead atoms. The van der Waals surface area contributed by atoms with E-state index in [0.717, 1.165) is 5.56 Å². The maximum atomic E-state index is 13.3. The second-order valence-electron chi connectivity index (χ2n) is 4.17. The van der Waals surface area contributed by atoms with Crippen molar-refractivity contribution in [3.05, 3.63) is 60.2 Å². The highest BCUT2D eigenvalue weighted by Crippen LogP contribution is 2.19. The molecular formula is C15H15FN2O. The van der Waals surface area contributed by atoms with Crippen LogP contribution in [0.5, 0.6) is 0 Å². The van der Waals surface area contributed by atoms with Gasteiger partial charge in [0.2, 0.25) is 5.91 Å². The predicted molar refractivity (Wildman–Crippen MR) is 72.1 cm³/mol. The summed E-state index contributed by atoms with van der Waals surface area (Å²) in [5.74, 6) is -0.396. The van der Waals surface area contributed by atoms with Gasteiger partial charge in [-0.3, -0.25) is 9.78 Å². The number of carbonyl (C=O) groups excluding carboxylic acids is 1. The van der Waals surface area contributed by atoms with Crippen molar-refractivity contribution in [3.63, 3.8) is 0 Å². The van der Waals surface area contributed by atoms with Crippen LogP contribution < -0.4 is 4.90 Å². The molecule has 1 heterocycles. The van der Waals surface area contributed by atoms with E-state index in [9.17, 15) is 9.18 Å². The van der Waals surface area contributed by atoms with Gasteiger partial charge in [0.25, 0.3) is 0 Å². The average molecular weight is 258 g/mol. The van der Waals surface area contributed by atoms with Crippen LogP contribution in [0.3, 0.4) is 0 Å². The Hall–Kier alpha value is -2.23. The van der Waals surface area contributed by atoms with Gasteiger partial charge in [0.1, 0.15) is 5.82 Å². The molecule has 0 aliphatic rings. The first-order chi connectivity index (χ1) is 9.20. The average Bonchev–Trinajstić information content (AvgIpc) is 2.45. The van der Waals surface area contributed by atoms with E-state index in [4.69, 9.17) is 0 Å². The maximum absolute atomic E-state index is 13.3. The fourth-order valence-electron chi connectivity index (χ4n) is 1.83. The van der Waals surface area contributed by atoms with Crippen LogP contribution in [0.1, 0.15) is 18.9 Å². The van der Waals surface area contributed by atoms with Gasteiger partial charge in [0.05, 0.1) is 6.54 Å². The summed E-state index contributed by atoms with van der Waals surface area (Å²) in [6, 6.07) is 9.76. The Morgan fingerprint density at radius 2 is 2.16 bits per heavy atom. The SMILES string of the molecule is CCC(=O)N(Cc1cccnc1)c1cccc(F)c1. The number of amides is 1. The molecule has 1 aromatic carbocycles. The second-order valence-corrected chi connectivity index (χ2v) is 4.17. The topological polar surface area (TPSA) is 33.2 Å². The van der Waals surface area contributed by atoms with Gasteiger partial charge in [-0.15, -0.1) is 0 Å². The fraction of sp³-hybridized carbons (Fsp3) is 0.200. The van der Waals surface area contributed by atoms with Crippen LogP contribution in [-0.2, 0) is 11.3 Å². The summed E-state index contributed by atoms with van der Waals surface area (Å²) in [4.78, 5) is 17.6. The van der Waals surface area contributed by atoms with Gasteiger partial charge in [-0.2, -0.15) is 0 Å². The minimum absolute atomic E-state index is 0.0468. The molecule has 98 valence electrons. The molecule has 0 saturated heterocycles. The van der Waals surface area contributed by atoms with Crippen LogP contribution in [0, 0.1) is 5.82 Å². The summed E-state index contributed by atoms with van der Waals surface area (Å²) in [6.07, 6.45) is 3.75. The second kappa shape index (κ2) is 6.09. The van der Waals surface area contributed by atoms with Gasteiger partial charge >= 0.3 is 0 Å². The van der Waals surface area contributed by atoms with E-state index in [1.165, 1.54) is 12.1 Å². The molecule has 2 rings (SSSR count). The Morgan fingerprint density at radius 1 is 1.32 bits per heavy atom. The maximum Gasteiger partial charge on any atom is 0.227 e. The highest BCUT2D eigenvalue weighted by molar-refractivity contribution is 5.93. The molecule has 2 aromatic rings. The lowest BCUT2D eigenvalue weighted by molar-refractivity contribution is -0.118. The Morgan fingerprint density at radius 3 is 2.79 bits per heavy atom. The predicted octanol–water partition coefficient (Wildman–Crippen LogP) is 3.16. The molecule has 0 fully saturated rings. The molecule has 0 aliphatic carbocycles.